The van der Waals surface area contributed by atoms with Crippen molar-refractivity contribution < 1.29 is 4.39 Å². The summed E-state index contributed by atoms with van der Waals surface area (Å²) in [5.74, 6) is -0.512. The molecule has 0 saturated heterocycles. The average molecular weight is 287 g/mol. The monoisotopic (exact) mass is 285 g/mol. The Hall–Kier alpha value is -0.930. The van der Waals surface area contributed by atoms with E-state index in [1.54, 1.807) is 18.2 Å². The third kappa shape index (κ3) is 2.36. The van der Waals surface area contributed by atoms with E-state index in [1.807, 2.05) is 12.1 Å². The minimum atomic E-state index is -0.512. The summed E-state index contributed by atoms with van der Waals surface area (Å²) in [5.41, 5.74) is 1.17. The Morgan fingerprint density at radius 3 is 2.53 bits per heavy atom. The molecule has 0 N–H and O–H groups in total. The van der Waals surface area contributed by atoms with E-state index >= 15 is 0 Å². The molecule has 0 aliphatic carbocycles. The molecule has 1 aromatic carbocycles. The average Bonchev–Trinajstić information content (AvgIpc) is 2.23. The lowest BCUT2D eigenvalue weighted by Gasteiger charge is -2.03. The first-order valence-corrected chi connectivity index (χ1v) is 5.41. The van der Waals surface area contributed by atoms with Crippen molar-refractivity contribution in [3.8, 4) is 11.1 Å². The normalized spacial score (nSPS) is 10.3. The zero-order chi connectivity index (χ0) is 10.8. The maximum absolute atomic E-state index is 13.4. The molecule has 4 heteroatoms. The van der Waals surface area contributed by atoms with E-state index in [1.165, 1.54) is 6.20 Å². The number of hydrogen-bond donors (Lipinski definition) is 0. The highest BCUT2D eigenvalue weighted by atomic mass is 79.9. The van der Waals surface area contributed by atoms with Crippen LogP contribution in [0.1, 0.15) is 0 Å². The summed E-state index contributed by atoms with van der Waals surface area (Å²) in [6, 6.07) is 8.86. The van der Waals surface area contributed by atoms with Crippen LogP contribution in [0.5, 0.6) is 0 Å². The van der Waals surface area contributed by atoms with Crippen LogP contribution in [0.25, 0.3) is 11.1 Å². The SMILES string of the molecule is Fc1ncc(Cl)cc1-c1ccc(Br)cc1. The van der Waals surface area contributed by atoms with Gasteiger partial charge in [0.05, 0.1) is 5.02 Å². The van der Waals surface area contributed by atoms with Crippen LogP contribution < -0.4 is 0 Å². The van der Waals surface area contributed by atoms with Gasteiger partial charge in [-0.25, -0.2) is 4.98 Å². The van der Waals surface area contributed by atoms with Crippen molar-refractivity contribution in [3.63, 3.8) is 0 Å². The number of hydrogen-bond acceptors (Lipinski definition) is 1. The molecule has 0 spiro atoms. The van der Waals surface area contributed by atoms with E-state index in [-0.39, 0.29) is 0 Å². The summed E-state index contributed by atoms with van der Waals surface area (Å²) in [4.78, 5) is 3.57. The predicted molar refractivity (Wildman–Crippen MR) is 62.3 cm³/mol. The highest BCUT2D eigenvalue weighted by Crippen LogP contribution is 2.25. The summed E-state index contributed by atoms with van der Waals surface area (Å²) in [6.07, 6.45) is 1.29. The van der Waals surface area contributed by atoms with Crippen molar-refractivity contribution in [2.24, 2.45) is 0 Å². The van der Waals surface area contributed by atoms with E-state index in [2.05, 4.69) is 20.9 Å². The van der Waals surface area contributed by atoms with Gasteiger partial charge in [-0.15, -0.1) is 0 Å². The first kappa shape index (κ1) is 10.6. The van der Waals surface area contributed by atoms with Crippen LogP contribution in [0.3, 0.4) is 0 Å². The highest BCUT2D eigenvalue weighted by molar-refractivity contribution is 9.10. The van der Waals surface area contributed by atoms with Crippen LogP contribution in [0.4, 0.5) is 4.39 Å². The maximum Gasteiger partial charge on any atom is 0.220 e. The van der Waals surface area contributed by atoms with E-state index in [0.717, 1.165) is 10.0 Å². The van der Waals surface area contributed by atoms with Crippen molar-refractivity contribution in [3.05, 3.63) is 52.0 Å². The van der Waals surface area contributed by atoms with Gasteiger partial charge in [-0.1, -0.05) is 39.7 Å². The second-order valence-electron chi connectivity index (χ2n) is 3.00. The molecule has 1 aromatic heterocycles. The molecular weight excluding hydrogens is 280 g/mol. The zero-order valence-corrected chi connectivity index (χ0v) is 9.89. The van der Waals surface area contributed by atoms with Gasteiger partial charge in [-0.2, -0.15) is 4.39 Å². The van der Waals surface area contributed by atoms with E-state index in [4.69, 9.17) is 11.6 Å². The number of halogens is 3. The second kappa shape index (κ2) is 4.29. The van der Waals surface area contributed by atoms with Crippen molar-refractivity contribution in [1.29, 1.82) is 0 Å². The van der Waals surface area contributed by atoms with Gasteiger partial charge in [0.1, 0.15) is 0 Å². The van der Waals surface area contributed by atoms with Crippen molar-refractivity contribution in [2.45, 2.75) is 0 Å². The molecule has 0 fully saturated rings. The molecule has 0 aliphatic rings. The Balaban J connectivity index is 2.53. The Kier molecular flexibility index (Phi) is 3.03. The van der Waals surface area contributed by atoms with Gasteiger partial charge >= 0.3 is 0 Å². The Labute approximate surface area is 100 Å². The number of pyridine rings is 1. The first-order valence-electron chi connectivity index (χ1n) is 4.24. The first-order chi connectivity index (χ1) is 7.16. The third-order valence-electron chi connectivity index (χ3n) is 1.96. The summed E-state index contributed by atoms with van der Waals surface area (Å²) in [5, 5.41) is 0.425. The molecule has 0 radical (unpaired) electrons. The minimum absolute atomic E-state index is 0.412. The van der Waals surface area contributed by atoms with Crippen LogP contribution in [0.15, 0.2) is 41.0 Å². The summed E-state index contributed by atoms with van der Waals surface area (Å²) in [7, 11) is 0. The molecule has 1 heterocycles. The summed E-state index contributed by atoms with van der Waals surface area (Å²) >= 11 is 9.08. The number of aromatic nitrogens is 1. The van der Waals surface area contributed by atoms with Gasteiger partial charge in [0.2, 0.25) is 5.95 Å². The van der Waals surface area contributed by atoms with Crippen LogP contribution >= 0.6 is 27.5 Å². The number of nitrogens with zero attached hydrogens (tertiary/aromatic N) is 1. The second-order valence-corrected chi connectivity index (χ2v) is 4.35. The molecule has 0 saturated carbocycles. The quantitative estimate of drug-likeness (QED) is 0.712. The van der Waals surface area contributed by atoms with Gasteiger partial charge in [-0.3, -0.25) is 0 Å². The largest absolute Gasteiger partial charge is 0.226 e. The highest BCUT2D eigenvalue weighted by Gasteiger charge is 2.06. The van der Waals surface area contributed by atoms with E-state index in [9.17, 15) is 4.39 Å². The maximum atomic E-state index is 13.4. The third-order valence-corrected chi connectivity index (χ3v) is 2.70. The van der Waals surface area contributed by atoms with Crippen LogP contribution in [-0.4, -0.2) is 4.98 Å². The van der Waals surface area contributed by atoms with Gasteiger partial charge in [0, 0.05) is 16.2 Å². The lowest BCUT2D eigenvalue weighted by atomic mass is 10.1. The zero-order valence-electron chi connectivity index (χ0n) is 7.55. The number of rotatable bonds is 1. The molecule has 15 heavy (non-hydrogen) atoms. The molecule has 0 unspecified atom stereocenters. The molecular formula is C11H6BrClFN. The van der Waals surface area contributed by atoms with Crippen LogP contribution in [0, 0.1) is 5.95 Å². The molecule has 0 atom stereocenters. The number of benzene rings is 1. The minimum Gasteiger partial charge on any atom is -0.226 e. The Bertz CT molecular complexity index is 484. The Morgan fingerprint density at radius 1 is 1.20 bits per heavy atom. The van der Waals surface area contributed by atoms with Gasteiger partial charge in [0.25, 0.3) is 0 Å². The fraction of sp³-hybridized carbons (Fsp3) is 0. The molecule has 0 bridgehead atoms. The Morgan fingerprint density at radius 2 is 1.87 bits per heavy atom. The molecule has 1 nitrogen and oxygen atoms in total. The van der Waals surface area contributed by atoms with E-state index < -0.39 is 5.95 Å². The fourth-order valence-corrected chi connectivity index (χ4v) is 1.68. The standard InChI is InChI=1S/C11H6BrClFN/c12-8-3-1-7(2-4-8)10-5-9(13)6-15-11(10)14/h1-6H. The summed E-state index contributed by atoms with van der Waals surface area (Å²) < 4.78 is 14.3. The van der Waals surface area contributed by atoms with Gasteiger partial charge in [-0.05, 0) is 23.8 Å². The van der Waals surface area contributed by atoms with Gasteiger partial charge < -0.3 is 0 Å². The van der Waals surface area contributed by atoms with Crippen LogP contribution in [0.2, 0.25) is 5.02 Å². The lowest BCUT2D eigenvalue weighted by Crippen LogP contribution is -1.88. The molecule has 2 rings (SSSR count). The molecule has 2 aromatic rings. The van der Waals surface area contributed by atoms with Gasteiger partial charge in [0.15, 0.2) is 0 Å². The predicted octanol–water partition coefficient (Wildman–Crippen LogP) is 4.30. The van der Waals surface area contributed by atoms with E-state index in [0.29, 0.717) is 10.6 Å². The molecule has 76 valence electrons. The fourth-order valence-electron chi connectivity index (χ4n) is 1.25. The molecule has 0 aliphatic heterocycles. The molecule has 0 amide bonds. The summed E-state index contributed by atoms with van der Waals surface area (Å²) in [6.45, 7) is 0. The van der Waals surface area contributed by atoms with Crippen molar-refractivity contribution >= 4 is 27.5 Å². The topological polar surface area (TPSA) is 12.9 Å². The van der Waals surface area contributed by atoms with Crippen molar-refractivity contribution in [1.82, 2.24) is 4.98 Å². The lowest BCUT2D eigenvalue weighted by molar-refractivity contribution is 0.587. The van der Waals surface area contributed by atoms with Crippen LogP contribution in [-0.2, 0) is 0 Å². The smallest absolute Gasteiger partial charge is 0.220 e. The van der Waals surface area contributed by atoms with Crippen molar-refractivity contribution in [2.75, 3.05) is 0 Å².